The summed E-state index contributed by atoms with van der Waals surface area (Å²) in [5.41, 5.74) is 0.800. The zero-order valence-electron chi connectivity index (χ0n) is 11.1. The molecule has 1 saturated heterocycles. The highest BCUT2D eigenvalue weighted by atomic mass is 35.5. The SMILES string of the molecule is Cc1cc(=O)c(C(=O)N2CCCC2CCCCl)c[nH]1. The normalized spacial score (nSPS) is 18.8. The fourth-order valence-corrected chi connectivity index (χ4v) is 2.77. The molecule has 5 heteroatoms. The summed E-state index contributed by atoms with van der Waals surface area (Å²) in [5, 5.41) is 0. The van der Waals surface area contributed by atoms with Crippen molar-refractivity contribution in [3.05, 3.63) is 33.7 Å². The first-order valence-electron chi connectivity index (χ1n) is 6.69. The van der Waals surface area contributed by atoms with Gasteiger partial charge in [0, 0.05) is 36.4 Å². The largest absolute Gasteiger partial charge is 0.364 e. The minimum Gasteiger partial charge on any atom is -0.364 e. The number of pyridine rings is 1. The van der Waals surface area contributed by atoms with Crippen molar-refractivity contribution in [1.29, 1.82) is 0 Å². The van der Waals surface area contributed by atoms with Crippen LogP contribution in [0.4, 0.5) is 0 Å². The van der Waals surface area contributed by atoms with E-state index in [2.05, 4.69) is 4.98 Å². The van der Waals surface area contributed by atoms with Crippen molar-refractivity contribution in [1.82, 2.24) is 9.88 Å². The van der Waals surface area contributed by atoms with Gasteiger partial charge in [0.25, 0.3) is 5.91 Å². The first-order valence-corrected chi connectivity index (χ1v) is 7.23. The number of H-pyrrole nitrogens is 1. The van der Waals surface area contributed by atoms with Crippen LogP contribution in [0, 0.1) is 6.92 Å². The molecule has 4 nitrogen and oxygen atoms in total. The second-order valence-electron chi connectivity index (χ2n) is 5.02. The summed E-state index contributed by atoms with van der Waals surface area (Å²) in [7, 11) is 0. The maximum Gasteiger partial charge on any atom is 0.259 e. The molecule has 1 amide bonds. The highest BCUT2D eigenvalue weighted by molar-refractivity contribution is 6.17. The van der Waals surface area contributed by atoms with Gasteiger partial charge in [0.1, 0.15) is 5.56 Å². The monoisotopic (exact) mass is 282 g/mol. The summed E-state index contributed by atoms with van der Waals surface area (Å²) in [4.78, 5) is 29.1. The van der Waals surface area contributed by atoms with Crippen LogP contribution in [0.1, 0.15) is 41.7 Å². The maximum atomic E-state index is 12.4. The average molecular weight is 283 g/mol. The number of halogens is 1. The van der Waals surface area contributed by atoms with Crippen molar-refractivity contribution in [2.75, 3.05) is 12.4 Å². The molecule has 104 valence electrons. The molecule has 0 spiro atoms. The third-order valence-electron chi connectivity index (χ3n) is 3.60. The van der Waals surface area contributed by atoms with E-state index in [1.165, 1.54) is 12.3 Å². The smallest absolute Gasteiger partial charge is 0.259 e. The number of rotatable bonds is 4. The van der Waals surface area contributed by atoms with E-state index in [0.717, 1.165) is 37.9 Å². The zero-order valence-corrected chi connectivity index (χ0v) is 11.9. The standard InChI is InChI=1S/C14H19ClN2O2/c1-10-8-13(18)12(9-16-10)14(19)17-7-3-5-11(17)4-2-6-15/h8-9,11H,2-7H2,1H3,(H,16,18). The van der Waals surface area contributed by atoms with Crippen LogP contribution in [0.15, 0.2) is 17.1 Å². The van der Waals surface area contributed by atoms with Gasteiger partial charge < -0.3 is 9.88 Å². The predicted molar refractivity (Wildman–Crippen MR) is 75.8 cm³/mol. The Balaban J connectivity index is 2.16. The Morgan fingerprint density at radius 3 is 3.05 bits per heavy atom. The number of hydrogen-bond acceptors (Lipinski definition) is 2. The molecular weight excluding hydrogens is 264 g/mol. The molecule has 1 aromatic rings. The Bertz CT molecular complexity index is 512. The molecule has 0 saturated carbocycles. The van der Waals surface area contributed by atoms with Crippen molar-refractivity contribution in [2.45, 2.75) is 38.6 Å². The van der Waals surface area contributed by atoms with E-state index in [9.17, 15) is 9.59 Å². The molecule has 1 aliphatic rings. The van der Waals surface area contributed by atoms with Gasteiger partial charge in [-0.15, -0.1) is 11.6 Å². The van der Waals surface area contributed by atoms with E-state index in [1.807, 2.05) is 4.90 Å². The molecule has 1 atom stereocenters. The van der Waals surface area contributed by atoms with Crippen LogP contribution in [0.25, 0.3) is 0 Å². The number of amides is 1. The predicted octanol–water partition coefficient (Wildman–Crippen LogP) is 2.31. The molecule has 1 unspecified atom stereocenters. The fourth-order valence-electron chi connectivity index (χ4n) is 2.61. The summed E-state index contributed by atoms with van der Waals surface area (Å²) in [6.07, 6.45) is 5.35. The number of nitrogens with zero attached hydrogens (tertiary/aromatic N) is 1. The van der Waals surface area contributed by atoms with E-state index < -0.39 is 0 Å². The minimum absolute atomic E-state index is 0.154. The summed E-state index contributed by atoms with van der Waals surface area (Å²) < 4.78 is 0. The first-order chi connectivity index (χ1) is 9.13. The van der Waals surface area contributed by atoms with E-state index >= 15 is 0 Å². The van der Waals surface area contributed by atoms with Gasteiger partial charge in [0.2, 0.25) is 0 Å². The second kappa shape index (κ2) is 6.24. The number of hydrogen-bond donors (Lipinski definition) is 1. The number of likely N-dealkylation sites (tertiary alicyclic amines) is 1. The van der Waals surface area contributed by atoms with E-state index in [-0.39, 0.29) is 22.9 Å². The van der Waals surface area contributed by atoms with Gasteiger partial charge in [-0.3, -0.25) is 9.59 Å². The second-order valence-corrected chi connectivity index (χ2v) is 5.40. The molecule has 1 fully saturated rings. The highest BCUT2D eigenvalue weighted by Gasteiger charge is 2.29. The molecular formula is C14H19ClN2O2. The molecule has 0 bridgehead atoms. The van der Waals surface area contributed by atoms with Crippen molar-refractivity contribution in [2.24, 2.45) is 0 Å². The third-order valence-corrected chi connectivity index (χ3v) is 3.86. The molecule has 1 aliphatic heterocycles. The van der Waals surface area contributed by atoms with E-state index in [0.29, 0.717) is 5.88 Å². The van der Waals surface area contributed by atoms with Gasteiger partial charge in [0.05, 0.1) is 0 Å². The quantitative estimate of drug-likeness (QED) is 0.862. The van der Waals surface area contributed by atoms with Crippen LogP contribution < -0.4 is 5.43 Å². The van der Waals surface area contributed by atoms with Gasteiger partial charge in [-0.25, -0.2) is 0 Å². The summed E-state index contributed by atoms with van der Waals surface area (Å²) >= 11 is 5.71. The molecule has 19 heavy (non-hydrogen) atoms. The Hall–Kier alpha value is -1.29. The third kappa shape index (κ3) is 3.18. The summed E-state index contributed by atoms with van der Waals surface area (Å²) in [5.74, 6) is 0.460. The van der Waals surface area contributed by atoms with E-state index in [1.54, 1.807) is 6.92 Å². The topological polar surface area (TPSA) is 53.2 Å². The van der Waals surface area contributed by atoms with Gasteiger partial charge in [0.15, 0.2) is 5.43 Å². The number of nitrogens with one attached hydrogen (secondary N) is 1. The molecule has 0 aromatic carbocycles. The Morgan fingerprint density at radius 1 is 1.58 bits per heavy atom. The average Bonchev–Trinajstić information content (AvgIpc) is 2.83. The number of aryl methyl sites for hydroxylation is 1. The number of aromatic amines is 1. The number of aromatic nitrogens is 1. The summed E-state index contributed by atoms with van der Waals surface area (Å²) in [6.45, 7) is 2.54. The highest BCUT2D eigenvalue weighted by Crippen LogP contribution is 2.23. The molecule has 1 aromatic heterocycles. The molecule has 0 radical (unpaired) electrons. The van der Waals surface area contributed by atoms with Crippen LogP contribution in [0.5, 0.6) is 0 Å². The maximum absolute atomic E-state index is 12.4. The minimum atomic E-state index is -0.204. The molecule has 1 N–H and O–H groups in total. The van der Waals surface area contributed by atoms with Crippen LogP contribution in [-0.4, -0.2) is 34.3 Å². The van der Waals surface area contributed by atoms with Crippen LogP contribution in [-0.2, 0) is 0 Å². The number of carbonyl (C=O) groups excluding carboxylic acids is 1. The molecule has 2 rings (SSSR count). The Kier molecular flexibility index (Phi) is 4.64. The summed E-state index contributed by atoms with van der Waals surface area (Å²) in [6, 6.07) is 1.70. The first kappa shape index (κ1) is 14.1. The lowest BCUT2D eigenvalue weighted by Crippen LogP contribution is -2.38. The van der Waals surface area contributed by atoms with Crippen molar-refractivity contribution >= 4 is 17.5 Å². The molecule has 0 aliphatic carbocycles. The number of alkyl halides is 1. The zero-order chi connectivity index (χ0) is 13.8. The lowest BCUT2D eigenvalue weighted by molar-refractivity contribution is 0.0728. The van der Waals surface area contributed by atoms with E-state index in [4.69, 9.17) is 11.6 Å². The van der Waals surface area contributed by atoms with Gasteiger partial charge in [-0.2, -0.15) is 0 Å². The fraction of sp³-hybridized carbons (Fsp3) is 0.571. The number of carbonyl (C=O) groups is 1. The van der Waals surface area contributed by atoms with Gasteiger partial charge >= 0.3 is 0 Å². The van der Waals surface area contributed by atoms with Crippen LogP contribution in [0.3, 0.4) is 0 Å². The van der Waals surface area contributed by atoms with Crippen LogP contribution >= 0.6 is 11.6 Å². The lowest BCUT2D eigenvalue weighted by atomic mass is 10.1. The molecule has 2 heterocycles. The Morgan fingerprint density at radius 2 is 2.37 bits per heavy atom. The van der Waals surface area contributed by atoms with Crippen molar-refractivity contribution in [3.8, 4) is 0 Å². The van der Waals surface area contributed by atoms with Gasteiger partial charge in [-0.1, -0.05) is 0 Å². The van der Waals surface area contributed by atoms with Crippen molar-refractivity contribution < 1.29 is 4.79 Å². The lowest BCUT2D eigenvalue weighted by Gasteiger charge is -2.24. The van der Waals surface area contributed by atoms with Gasteiger partial charge in [-0.05, 0) is 32.6 Å². The Labute approximate surface area is 117 Å². The van der Waals surface area contributed by atoms with Crippen molar-refractivity contribution in [3.63, 3.8) is 0 Å². The van der Waals surface area contributed by atoms with Crippen LogP contribution in [0.2, 0.25) is 0 Å².